The molecule has 0 fully saturated rings. The predicted molar refractivity (Wildman–Crippen MR) is 162 cm³/mol. The quantitative estimate of drug-likeness (QED) is 0.267. The molecule has 0 aliphatic rings. The lowest BCUT2D eigenvalue weighted by atomic mass is 10.0. The summed E-state index contributed by atoms with van der Waals surface area (Å²) >= 11 is 0. The normalized spacial score (nSPS) is 11.9. The lowest BCUT2D eigenvalue weighted by molar-refractivity contribution is -0.139. The van der Waals surface area contributed by atoms with E-state index in [0.717, 1.165) is 15.4 Å². The van der Waals surface area contributed by atoms with Gasteiger partial charge in [0.25, 0.3) is 10.0 Å². The van der Waals surface area contributed by atoms with Gasteiger partial charge in [0.1, 0.15) is 18.4 Å². The van der Waals surface area contributed by atoms with Crippen LogP contribution in [0.1, 0.15) is 22.3 Å². The zero-order valence-corrected chi connectivity index (χ0v) is 24.6. The lowest BCUT2D eigenvalue weighted by Crippen LogP contribution is -2.53. The van der Waals surface area contributed by atoms with Crippen molar-refractivity contribution in [1.82, 2.24) is 10.2 Å². The highest BCUT2D eigenvalue weighted by Gasteiger charge is 2.35. The van der Waals surface area contributed by atoms with Crippen molar-refractivity contribution in [2.45, 2.75) is 37.8 Å². The number of amides is 2. The van der Waals surface area contributed by atoms with Crippen LogP contribution >= 0.6 is 0 Å². The Hall–Kier alpha value is -4.50. The number of halogens is 1. The molecule has 4 aromatic rings. The number of carbonyl (C=O) groups excluding carboxylic acids is 2. The number of sulfonamides is 1. The standard InChI is InChI=1S/C33H34FN3O4S/c1-24-18-19-25(2)30(20-24)37(42(40,41)28-15-8-5-9-16-28)23-32(38)36(22-27-14-10-11-17-29(27)34)31(33(39)35-3)21-26-12-6-4-7-13-26/h4-20,31H,21-23H2,1-3H3,(H,35,39)/t31-/m1/s1. The van der Waals surface area contributed by atoms with Crippen LogP contribution in [0.25, 0.3) is 0 Å². The maximum absolute atomic E-state index is 14.9. The lowest BCUT2D eigenvalue weighted by Gasteiger charge is -2.34. The molecule has 0 unspecified atom stereocenters. The minimum atomic E-state index is -4.20. The Kier molecular flexibility index (Phi) is 9.75. The Labute approximate surface area is 246 Å². The fraction of sp³-hybridized carbons (Fsp3) is 0.212. The van der Waals surface area contributed by atoms with Gasteiger partial charge in [0.2, 0.25) is 11.8 Å². The number of likely N-dealkylation sites (N-methyl/N-ethyl adjacent to an activating group) is 1. The van der Waals surface area contributed by atoms with Crippen LogP contribution in [0.3, 0.4) is 0 Å². The molecule has 2 amide bonds. The number of rotatable bonds is 11. The number of carbonyl (C=O) groups is 2. The summed E-state index contributed by atoms with van der Waals surface area (Å²) in [5.74, 6) is -1.63. The van der Waals surface area contributed by atoms with Gasteiger partial charge in [-0.3, -0.25) is 13.9 Å². The second kappa shape index (κ2) is 13.4. The highest BCUT2D eigenvalue weighted by molar-refractivity contribution is 7.92. The second-order valence-electron chi connectivity index (χ2n) is 10.0. The molecule has 0 saturated carbocycles. The molecular formula is C33H34FN3O4S. The third kappa shape index (κ3) is 7.03. The van der Waals surface area contributed by atoms with E-state index in [9.17, 15) is 22.4 Å². The number of aryl methyl sites for hydroxylation is 2. The van der Waals surface area contributed by atoms with Gasteiger partial charge < -0.3 is 10.2 Å². The monoisotopic (exact) mass is 587 g/mol. The molecule has 4 rings (SSSR count). The van der Waals surface area contributed by atoms with E-state index in [4.69, 9.17) is 0 Å². The summed E-state index contributed by atoms with van der Waals surface area (Å²) < 4.78 is 44.0. The smallest absolute Gasteiger partial charge is 0.264 e. The van der Waals surface area contributed by atoms with Crippen molar-refractivity contribution in [2.24, 2.45) is 0 Å². The van der Waals surface area contributed by atoms with E-state index in [0.29, 0.717) is 11.3 Å². The van der Waals surface area contributed by atoms with E-state index in [1.807, 2.05) is 43.3 Å². The van der Waals surface area contributed by atoms with Gasteiger partial charge in [0, 0.05) is 25.6 Å². The van der Waals surface area contributed by atoms with E-state index < -0.39 is 40.2 Å². The first kappa shape index (κ1) is 30.5. The van der Waals surface area contributed by atoms with Crippen LogP contribution < -0.4 is 9.62 Å². The van der Waals surface area contributed by atoms with E-state index in [1.54, 1.807) is 55.5 Å². The third-order valence-corrected chi connectivity index (χ3v) is 8.83. The van der Waals surface area contributed by atoms with E-state index in [-0.39, 0.29) is 23.4 Å². The van der Waals surface area contributed by atoms with Crippen molar-refractivity contribution in [2.75, 3.05) is 17.9 Å². The molecule has 0 spiro atoms. The van der Waals surface area contributed by atoms with E-state index >= 15 is 0 Å². The van der Waals surface area contributed by atoms with Crippen molar-refractivity contribution in [3.8, 4) is 0 Å². The van der Waals surface area contributed by atoms with Crippen molar-refractivity contribution in [3.05, 3.63) is 131 Å². The Balaban J connectivity index is 1.82. The average molecular weight is 588 g/mol. The first-order valence-corrected chi connectivity index (χ1v) is 15.0. The van der Waals surface area contributed by atoms with Gasteiger partial charge in [-0.2, -0.15) is 0 Å². The van der Waals surface area contributed by atoms with Crippen LogP contribution in [0.15, 0.2) is 108 Å². The third-order valence-electron chi connectivity index (χ3n) is 7.06. The molecule has 9 heteroatoms. The second-order valence-corrected chi connectivity index (χ2v) is 11.9. The molecule has 218 valence electrons. The maximum Gasteiger partial charge on any atom is 0.264 e. The van der Waals surface area contributed by atoms with Gasteiger partial charge >= 0.3 is 0 Å². The Morgan fingerprint density at radius 2 is 1.48 bits per heavy atom. The molecule has 0 aliphatic carbocycles. The van der Waals surface area contributed by atoms with Crippen molar-refractivity contribution in [1.29, 1.82) is 0 Å². The summed E-state index contributed by atoms with van der Waals surface area (Å²) in [7, 11) is -2.74. The number of nitrogens with zero attached hydrogens (tertiary/aromatic N) is 2. The molecule has 0 saturated heterocycles. The summed E-state index contributed by atoms with van der Waals surface area (Å²) in [5.41, 5.74) is 2.81. The molecular weight excluding hydrogens is 553 g/mol. The SMILES string of the molecule is CNC(=O)[C@@H](Cc1ccccc1)N(Cc1ccccc1F)C(=O)CN(c1cc(C)ccc1C)S(=O)(=O)c1ccccc1. The zero-order chi connectivity index (χ0) is 30.3. The predicted octanol–water partition coefficient (Wildman–Crippen LogP) is 5.02. The van der Waals surface area contributed by atoms with Crippen LogP contribution in [-0.2, 0) is 32.6 Å². The summed E-state index contributed by atoms with van der Waals surface area (Å²) in [6, 6.07) is 27.4. The Morgan fingerprint density at radius 3 is 2.12 bits per heavy atom. The molecule has 0 aromatic heterocycles. The molecule has 0 radical (unpaired) electrons. The molecule has 0 bridgehead atoms. The van der Waals surface area contributed by atoms with Gasteiger partial charge in [-0.1, -0.05) is 78.9 Å². The van der Waals surface area contributed by atoms with Gasteiger partial charge in [0.15, 0.2) is 0 Å². The van der Waals surface area contributed by atoms with Gasteiger partial charge in [0.05, 0.1) is 10.6 Å². The summed E-state index contributed by atoms with van der Waals surface area (Å²) in [6.07, 6.45) is 0.148. The van der Waals surface area contributed by atoms with Gasteiger partial charge in [-0.25, -0.2) is 12.8 Å². The molecule has 1 atom stereocenters. The average Bonchev–Trinajstić information content (AvgIpc) is 3.00. The van der Waals surface area contributed by atoms with Crippen molar-refractivity contribution >= 4 is 27.5 Å². The molecule has 4 aromatic carbocycles. The maximum atomic E-state index is 14.9. The molecule has 42 heavy (non-hydrogen) atoms. The highest BCUT2D eigenvalue weighted by atomic mass is 32.2. The Bertz CT molecular complexity index is 1650. The van der Waals surface area contributed by atoms with E-state index in [2.05, 4.69) is 5.32 Å². The first-order chi connectivity index (χ1) is 20.1. The molecule has 0 heterocycles. The van der Waals surface area contributed by atoms with Crippen LogP contribution in [0.2, 0.25) is 0 Å². The fourth-order valence-electron chi connectivity index (χ4n) is 4.75. The topological polar surface area (TPSA) is 86.8 Å². The molecule has 7 nitrogen and oxygen atoms in total. The first-order valence-electron chi connectivity index (χ1n) is 13.5. The molecule has 1 N–H and O–H groups in total. The number of nitrogens with one attached hydrogen (secondary N) is 1. The van der Waals surface area contributed by atoms with Crippen LogP contribution in [-0.4, -0.2) is 44.8 Å². The number of benzene rings is 4. The van der Waals surface area contributed by atoms with Crippen LogP contribution in [0.4, 0.5) is 10.1 Å². The zero-order valence-electron chi connectivity index (χ0n) is 23.8. The van der Waals surface area contributed by atoms with Crippen molar-refractivity contribution < 1.29 is 22.4 Å². The van der Waals surface area contributed by atoms with Gasteiger partial charge in [-0.15, -0.1) is 0 Å². The van der Waals surface area contributed by atoms with E-state index in [1.165, 1.54) is 30.1 Å². The minimum Gasteiger partial charge on any atom is -0.357 e. The van der Waals surface area contributed by atoms with Crippen molar-refractivity contribution in [3.63, 3.8) is 0 Å². The molecule has 0 aliphatic heterocycles. The number of hydrogen-bond donors (Lipinski definition) is 1. The highest BCUT2D eigenvalue weighted by Crippen LogP contribution is 2.29. The summed E-state index contributed by atoms with van der Waals surface area (Å²) in [4.78, 5) is 28.9. The van der Waals surface area contributed by atoms with Crippen LogP contribution in [0, 0.1) is 19.7 Å². The largest absolute Gasteiger partial charge is 0.357 e. The summed E-state index contributed by atoms with van der Waals surface area (Å²) in [6.45, 7) is 2.78. The minimum absolute atomic E-state index is 0.0199. The number of hydrogen-bond acceptors (Lipinski definition) is 4. The Morgan fingerprint density at radius 1 is 0.857 bits per heavy atom. The fourth-order valence-corrected chi connectivity index (χ4v) is 6.24. The summed E-state index contributed by atoms with van der Waals surface area (Å²) in [5, 5.41) is 2.62. The number of anilines is 1. The van der Waals surface area contributed by atoms with Crippen LogP contribution in [0.5, 0.6) is 0 Å². The van der Waals surface area contributed by atoms with Gasteiger partial charge in [-0.05, 0) is 54.8 Å².